The van der Waals surface area contributed by atoms with Gasteiger partial charge in [0.05, 0.1) is 5.92 Å². The molecule has 3 aromatic rings. The lowest BCUT2D eigenvalue weighted by molar-refractivity contribution is -0.125. The van der Waals surface area contributed by atoms with Crippen LogP contribution in [0.3, 0.4) is 0 Å². The molecule has 2 aliphatic heterocycles. The molecule has 0 aliphatic carbocycles. The Morgan fingerprint density at radius 3 is 2.58 bits per heavy atom. The summed E-state index contributed by atoms with van der Waals surface area (Å²) in [6.45, 7) is 1.30. The van der Waals surface area contributed by atoms with Gasteiger partial charge in [0, 0.05) is 36.6 Å². The predicted molar refractivity (Wildman–Crippen MR) is 121 cm³/mol. The maximum Gasteiger partial charge on any atom is 0.253 e. The molecule has 0 bridgehead atoms. The number of hydrogen-bond acceptors (Lipinski definition) is 5. The molecule has 2 atom stereocenters. The number of hydrogen-bond donors (Lipinski definition) is 2. The molecule has 8 heteroatoms. The van der Waals surface area contributed by atoms with Crippen LogP contribution in [0.2, 0.25) is 0 Å². The van der Waals surface area contributed by atoms with E-state index in [1.807, 2.05) is 47.4 Å². The minimum absolute atomic E-state index is 0.0113. The highest BCUT2D eigenvalue weighted by Gasteiger charge is 2.31. The SMILES string of the molecule is O=C1CC(Cc2ccc(C(=O)N3CCCC(c4nc(-c5ccccc5)n[nH]4)C3)cc2)C(=O)N1. The number of imide groups is 1. The number of carbonyl (C=O) groups is 3. The van der Waals surface area contributed by atoms with Gasteiger partial charge in [-0.1, -0.05) is 42.5 Å². The van der Waals surface area contributed by atoms with E-state index in [9.17, 15) is 14.4 Å². The van der Waals surface area contributed by atoms with Gasteiger partial charge in [0.25, 0.3) is 5.91 Å². The number of nitrogens with zero attached hydrogens (tertiary/aromatic N) is 3. The summed E-state index contributed by atoms with van der Waals surface area (Å²) in [7, 11) is 0. The summed E-state index contributed by atoms with van der Waals surface area (Å²) in [5.41, 5.74) is 2.52. The Bertz CT molecular complexity index is 1170. The van der Waals surface area contributed by atoms with E-state index in [1.165, 1.54) is 0 Å². The van der Waals surface area contributed by atoms with Gasteiger partial charge in [-0.05, 0) is 37.0 Å². The molecule has 2 unspecified atom stereocenters. The van der Waals surface area contributed by atoms with Gasteiger partial charge in [-0.2, -0.15) is 5.10 Å². The van der Waals surface area contributed by atoms with Crippen molar-refractivity contribution in [3.05, 3.63) is 71.5 Å². The van der Waals surface area contributed by atoms with Crippen molar-refractivity contribution in [2.45, 2.75) is 31.6 Å². The van der Waals surface area contributed by atoms with Crippen LogP contribution in [0.5, 0.6) is 0 Å². The van der Waals surface area contributed by atoms with E-state index in [-0.39, 0.29) is 36.0 Å². The third kappa shape index (κ3) is 4.55. The smallest absolute Gasteiger partial charge is 0.253 e. The van der Waals surface area contributed by atoms with Gasteiger partial charge in [0.2, 0.25) is 11.8 Å². The standard InChI is InChI=1S/C25H25N5O3/c31-21-14-20(24(32)26-21)13-16-8-10-18(11-9-16)25(33)30-12-4-7-19(15-30)23-27-22(28-29-23)17-5-2-1-3-6-17/h1-3,5-6,8-11,19-20H,4,7,12-15H2,(H,26,31,32)(H,27,28,29). The molecule has 2 aromatic carbocycles. The number of rotatable bonds is 5. The van der Waals surface area contributed by atoms with E-state index in [0.717, 1.165) is 29.8 Å². The Labute approximate surface area is 191 Å². The average molecular weight is 444 g/mol. The zero-order valence-corrected chi connectivity index (χ0v) is 18.2. The summed E-state index contributed by atoms with van der Waals surface area (Å²) in [6.07, 6.45) is 2.57. The minimum Gasteiger partial charge on any atom is -0.338 e. The van der Waals surface area contributed by atoms with Gasteiger partial charge in [0.15, 0.2) is 5.82 Å². The fraction of sp³-hybridized carbons (Fsp3) is 0.320. The molecule has 8 nitrogen and oxygen atoms in total. The Morgan fingerprint density at radius 1 is 1.06 bits per heavy atom. The quantitative estimate of drug-likeness (QED) is 0.590. The number of aromatic amines is 1. The summed E-state index contributed by atoms with van der Waals surface area (Å²) in [4.78, 5) is 42.9. The van der Waals surface area contributed by atoms with Crippen LogP contribution < -0.4 is 5.32 Å². The Hall–Kier alpha value is -3.81. The second kappa shape index (κ2) is 8.97. The van der Waals surface area contributed by atoms with Crippen LogP contribution in [-0.2, 0) is 16.0 Å². The number of amides is 3. The van der Waals surface area contributed by atoms with Crippen molar-refractivity contribution in [2.75, 3.05) is 13.1 Å². The highest BCUT2D eigenvalue weighted by molar-refractivity contribution is 6.03. The largest absolute Gasteiger partial charge is 0.338 e. The molecule has 2 fully saturated rings. The van der Waals surface area contributed by atoms with Gasteiger partial charge in [-0.3, -0.25) is 24.8 Å². The van der Waals surface area contributed by atoms with Crippen molar-refractivity contribution in [1.82, 2.24) is 25.4 Å². The lowest BCUT2D eigenvalue weighted by atomic mass is 9.95. The van der Waals surface area contributed by atoms with Crippen molar-refractivity contribution in [3.8, 4) is 11.4 Å². The van der Waals surface area contributed by atoms with Crippen LogP contribution in [0.15, 0.2) is 54.6 Å². The number of carbonyl (C=O) groups excluding carboxylic acids is 3. The van der Waals surface area contributed by atoms with E-state index >= 15 is 0 Å². The van der Waals surface area contributed by atoms with Gasteiger partial charge in [0.1, 0.15) is 5.82 Å². The lowest BCUT2D eigenvalue weighted by Crippen LogP contribution is -2.39. The van der Waals surface area contributed by atoms with Crippen molar-refractivity contribution in [2.24, 2.45) is 5.92 Å². The third-order valence-corrected chi connectivity index (χ3v) is 6.38. The molecular weight excluding hydrogens is 418 g/mol. The molecule has 5 rings (SSSR count). The Morgan fingerprint density at radius 2 is 1.85 bits per heavy atom. The van der Waals surface area contributed by atoms with Crippen LogP contribution in [0, 0.1) is 5.92 Å². The molecule has 1 aromatic heterocycles. The highest BCUT2D eigenvalue weighted by Crippen LogP contribution is 2.27. The van der Waals surface area contributed by atoms with Gasteiger partial charge < -0.3 is 4.90 Å². The average Bonchev–Trinajstić information content (AvgIpc) is 3.46. The fourth-order valence-corrected chi connectivity index (χ4v) is 4.58. The van der Waals surface area contributed by atoms with Crippen LogP contribution >= 0.6 is 0 Å². The second-order valence-electron chi connectivity index (χ2n) is 8.72. The molecule has 0 radical (unpaired) electrons. The molecule has 2 aliphatic rings. The molecule has 33 heavy (non-hydrogen) atoms. The molecule has 168 valence electrons. The summed E-state index contributed by atoms with van der Waals surface area (Å²) >= 11 is 0. The van der Waals surface area contributed by atoms with Crippen molar-refractivity contribution in [1.29, 1.82) is 0 Å². The van der Waals surface area contributed by atoms with Gasteiger partial charge in [-0.25, -0.2) is 4.98 Å². The molecule has 0 spiro atoms. The number of piperidine rings is 1. The number of nitrogens with one attached hydrogen (secondary N) is 2. The summed E-state index contributed by atoms with van der Waals surface area (Å²) < 4.78 is 0. The highest BCUT2D eigenvalue weighted by atomic mass is 16.2. The van der Waals surface area contributed by atoms with E-state index < -0.39 is 0 Å². The molecule has 2 N–H and O–H groups in total. The zero-order chi connectivity index (χ0) is 22.8. The number of H-pyrrole nitrogens is 1. The van der Waals surface area contributed by atoms with Crippen LogP contribution in [0.25, 0.3) is 11.4 Å². The van der Waals surface area contributed by atoms with Gasteiger partial charge in [-0.15, -0.1) is 0 Å². The Kier molecular flexibility index (Phi) is 5.73. The maximum absolute atomic E-state index is 13.1. The zero-order valence-electron chi connectivity index (χ0n) is 18.2. The monoisotopic (exact) mass is 443 g/mol. The fourth-order valence-electron chi connectivity index (χ4n) is 4.58. The molecule has 3 amide bonds. The first-order valence-electron chi connectivity index (χ1n) is 11.3. The summed E-state index contributed by atoms with van der Waals surface area (Å²) in [5.74, 6) is 0.813. The van der Waals surface area contributed by atoms with Crippen molar-refractivity contribution >= 4 is 17.7 Å². The first-order chi connectivity index (χ1) is 16.1. The first kappa shape index (κ1) is 21.1. The second-order valence-corrected chi connectivity index (χ2v) is 8.72. The van der Waals surface area contributed by atoms with Crippen molar-refractivity contribution in [3.63, 3.8) is 0 Å². The van der Waals surface area contributed by atoms with Crippen LogP contribution in [-0.4, -0.2) is 50.9 Å². The van der Waals surface area contributed by atoms with E-state index in [0.29, 0.717) is 30.9 Å². The van der Waals surface area contributed by atoms with E-state index in [4.69, 9.17) is 0 Å². The molecule has 2 saturated heterocycles. The summed E-state index contributed by atoms with van der Waals surface area (Å²) in [6, 6.07) is 17.2. The number of aromatic nitrogens is 3. The predicted octanol–water partition coefficient (Wildman–Crippen LogP) is 2.70. The normalized spacial score (nSPS) is 20.7. The molecule has 3 heterocycles. The third-order valence-electron chi connectivity index (χ3n) is 6.38. The summed E-state index contributed by atoms with van der Waals surface area (Å²) in [5, 5.41) is 9.77. The van der Waals surface area contributed by atoms with E-state index in [1.54, 1.807) is 12.1 Å². The Balaban J connectivity index is 1.23. The molecular formula is C25H25N5O3. The van der Waals surface area contributed by atoms with Crippen LogP contribution in [0.1, 0.15) is 46.9 Å². The minimum atomic E-state index is -0.329. The number of likely N-dealkylation sites (tertiary alicyclic amines) is 1. The van der Waals surface area contributed by atoms with E-state index in [2.05, 4.69) is 20.5 Å². The van der Waals surface area contributed by atoms with Gasteiger partial charge >= 0.3 is 0 Å². The number of benzene rings is 2. The first-order valence-corrected chi connectivity index (χ1v) is 11.3. The van der Waals surface area contributed by atoms with Crippen LogP contribution in [0.4, 0.5) is 0 Å². The topological polar surface area (TPSA) is 108 Å². The maximum atomic E-state index is 13.1. The molecule has 0 saturated carbocycles. The van der Waals surface area contributed by atoms with Crippen molar-refractivity contribution < 1.29 is 14.4 Å². The lowest BCUT2D eigenvalue weighted by Gasteiger charge is -2.31.